The number of fused-ring (bicyclic) bond motifs is 1. The van der Waals surface area contributed by atoms with Gasteiger partial charge in [-0.3, -0.25) is 9.69 Å². The van der Waals surface area contributed by atoms with E-state index in [1.54, 1.807) is 0 Å². The molecule has 0 spiro atoms. The first-order chi connectivity index (χ1) is 13.8. The molecule has 2 heterocycles. The molecule has 1 aliphatic rings. The fourth-order valence-corrected chi connectivity index (χ4v) is 3.47. The van der Waals surface area contributed by atoms with Gasteiger partial charge in [0, 0.05) is 12.1 Å². The Bertz CT molecular complexity index is 1050. The van der Waals surface area contributed by atoms with Crippen LogP contribution < -0.4 is 5.73 Å². The van der Waals surface area contributed by atoms with Crippen molar-refractivity contribution in [3.63, 3.8) is 0 Å². The molecule has 0 saturated carbocycles. The first-order valence-corrected chi connectivity index (χ1v) is 8.91. The molecule has 0 saturated heterocycles. The SMILES string of the molecule is NC(=O)C1Cc2ccccc2CN1Cc1nc(-c2cccc(C(F)(F)F)c2)no1. The molecule has 0 bridgehead atoms. The Morgan fingerprint density at radius 1 is 1.17 bits per heavy atom. The van der Waals surface area contributed by atoms with Gasteiger partial charge in [0.15, 0.2) is 0 Å². The monoisotopic (exact) mass is 402 g/mol. The van der Waals surface area contributed by atoms with Crippen LogP contribution in [0.3, 0.4) is 0 Å². The lowest BCUT2D eigenvalue weighted by atomic mass is 9.93. The Balaban J connectivity index is 1.57. The number of primary amides is 1. The average Bonchev–Trinajstić information content (AvgIpc) is 3.15. The van der Waals surface area contributed by atoms with E-state index in [9.17, 15) is 18.0 Å². The van der Waals surface area contributed by atoms with Crippen molar-refractivity contribution in [3.8, 4) is 11.4 Å². The molecule has 1 aliphatic heterocycles. The fraction of sp³-hybridized carbons (Fsp3) is 0.250. The molecule has 9 heteroatoms. The van der Waals surface area contributed by atoms with Crippen molar-refractivity contribution in [1.29, 1.82) is 0 Å². The van der Waals surface area contributed by atoms with Crippen molar-refractivity contribution in [2.75, 3.05) is 0 Å². The second kappa shape index (κ2) is 7.32. The van der Waals surface area contributed by atoms with Crippen LogP contribution in [0.25, 0.3) is 11.4 Å². The molecule has 0 radical (unpaired) electrons. The summed E-state index contributed by atoms with van der Waals surface area (Å²) in [6.07, 6.45) is -3.99. The zero-order valence-electron chi connectivity index (χ0n) is 15.2. The molecule has 3 aromatic rings. The molecule has 2 aromatic carbocycles. The predicted molar refractivity (Wildman–Crippen MR) is 97.1 cm³/mol. The number of carbonyl (C=O) groups is 1. The summed E-state index contributed by atoms with van der Waals surface area (Å²) in [4.78, 5) is 18.0. The topological polar surface area (TPSA) is 85.3 Å². The first-order valence-electron chi connectivity index (χ1n) is 8.91. The summed E-state index contributed by atoms with van der Waals surface area (Å²) in [5.41, 5.74) is 7.11. The Morgan fingerprint density at radius 3 is 2.66 bits per heavy atom. The Labute approximate surface area is 164 Å². The van der Waals surface area contributed by atoms with Gasteiger partial charge in [0.1, 0.15) is 0 Å². The first kappa shape index (κ1) is 19.1. The minimum absolute atomic E-state index is 0.0548. The third-order valence-corrected chi connectivity index (χ3v) is 4.93. The van der Waals surface area contributed by atoms with Crippen LogP contribution in [-0.2, 0) is 30.5 Å². The van der Waals surface area contributed by atoms with Crippen LogP contribution in [0.4, 0.5) is 13.2 Å². The zero-order chi connectivity index (χ0) is 20.6. The van der Waals surface area contributed by atoms with Gasteiger partial charge in [-0.1, -0.05) is 41.6 Å². The molecule has 4 rings (SSSR count). The van der Waals surface area contributed by atoms with E-state index in [0.29, 0.717) is 13.0 Å². The highest BCUT2D eigenvalue weighted by Crippen LogP contribution is 2.31. The number of alkyl halides is 3. The molecule has 29 heavy (non-hydrogen) atoms. The molecular weight excluding hydrogens is 385 g/mol. The molecule has 1 amide bonds. The summed E-state index contributed by atoms with van der Waals surface area (Å²) in [5.74, 6) is -0.209. The summed E-state index contributed by atoms with van der Waals surface area (Å²) in [6.45, 7) is 0.638. The van der Waals surface area contributed by atoms with Crippen molar-refractivity contribution in [3.05, 3.63) is 71.1 Å². The second-order valence-electron chi connectivity index (χ2n) is 6.89. The van der Waals surface area contributed by atoms with Crippen LogP contribution in [0.15, 0.2) is 53.1 Å². The van der Waals surface area contributed by atoms with Crippen LogP contribution in [0.2, 0.25) is 0 Å². The van der Waals surface area contributed by atoms with Gasteiger partial charge in [-0.25, -0.2) is 0 Å². The van der Waals surface area contributed by atoms with Crippen LogP contribution in [0.5, 0.6) is 0 Å². The molecule has 150 valence electrons. The van der Waals surface area contributed by atoms with Gasteiger partial charge in [-0.15, -0.1) is 0 Å². The highest BCUT2D eigenvalue weighted by molar-refractivity contribution is 5.80. The fourth-order valence-electron chi connectivity index (χ4n) is 3.47. The van der Waals surface area contributed by atoms with Gasteiger partial charge in [0.25, 0.3) is 0 Å². The second-order valence-corrected chi connectivity index (χ2v) is 6.89. The molecule has 0 aliphatic carbocycles. The molecule has 6 nitrogen and oxygen atoms in total. The lowest BCUT2D eigenvalue weighted by Crippen LogP contribution is -2.48. The summed E-state index contributed by atoms with van der Waals surface area (Å²) >= 11 is 0. The Kier molecular flexibility index (Phi) is 4.83. The van der Waals surface area contributed by atoms with Crippen LogP contribution >= 0.6 is 0 Å². The van der Waals surface area contributed by atoms with E-state index in [-0.39, 0.29) is 23.8 Å². The molecular formula is C20H17F3N4O2. The Morgan fingerprint density at radius 2 is 1.93 bits per heavy atom. The quantitative estimate of drug-likeness (QED) is 0.725. The smallest absolute Gasteiger partial charge is 0.368 e. The third-order valence-electron chi connectivity index (χ3n) is 4.93. The van der Waals surface area contributed by atoms with Crippen molar-refractivity contribution < 1.29 is 22.5 Å². The molecule has 0 fully saturated rings. The third kappa shape index (κ3) is 4.00. The van der Waals surface area contributed by atoms with Gasteiger partial charge in [-0.05, 0) is 29.7 Å². The zero-order valence-corrected chi connectivity index (χ0v) is 15.2. The number of benzene rings is 2. The van der Waals surface area contributed by atoms with E-state index in [1.165, 1.54) is 12.1 Å². The Hall–Kier alpha value is -3.20. The van der Waals surface area contributed by atoms with E-state index in [0.717, 1.165) is 23.3 Å². The molecule has 1 atom stereocenters. The normalized spacial score (nSPS) is 17.1. The number of nitrogens with zero attached hydrogens (tertiary/aromatic N) is 3. The number of amides is 1. The predicted octanol–water partition coefficient (Wildman–Crippen LogP) is 3.17. The van der Waals surface area contributed by atoms with Gasteiger partial charge >= 0.3 is 6.18 Å². The number of nitrogens with two attached hydrogens (primary N) is 1. The maximum absolute atomic E-state index is 12.9. The summed E-state index contributed by atoms with van der Waals surface area (Å²) in [7, 11) is 0. The van der Waals surface area contributed by atoms with E-state index >= 15 is 0 Å². The maximum Gasteiger partial charge on any atom is 0.416 e. The van der Waals surface area contributed by atoms with E-state index in [2.05, 4.69) is 10.1 Å². The van der Waals surface area contributed by atoms with Gasteiger partial charge in [0.2, 0.25) is 17.6 Å². The largest absolute Gasteiger partial charge is 0.416 e. The summed E-state index contributed by atoms with van der Waals surface area (Å²) in [5, 5.41) is 3.79. The van der Waals surface area contributed by atoms with Crippen molar-refractivity contribution in [2.45, 2.75) is 31.7 Å². The molecule has 2 N–H and O–H groups in total. The van der Waals surface area contributed by atoms with Gasteiger partial charge in [-0.2, -0.15) is 18.2 Å². The minimum Gasteiger partial charge on any atom is -0.368 e. The average molecular weight is 402 g/mol. The number of hydrogen-bond donors (Lipinski definition) is 1. The highest BCUT2D eigenvalue weighted by atomic mass is 19.4. The number of carbonyl (C=O) groups excluding carboxylic acids is 1. The van der Waals surface area contributed by atoms with Crippen molar-refractivity contribution >= 4 is 5.91 Å². The van der Waals surface area contributed by atoms with Crippen LogP contribution in [-0.4, -0.2) is 27.0 Å². The number of aromatic nitrogens is 2. The highest BCUT2D eigenvalue weighted by Gasteiger charge is 2.32. The van der Waals surface area contributed by atoms with Gasteiger partial charge < -0.3 is 10.3 Å². The van der Waals surface area contributed by atoms with Crippen LogP contribution in [0.1, 0.15) is 22.6 Å². The van der Waals surface area contributed by atoms with E-state index < -0.39 is 23.7 Å². The number of rotatable bonds is 4. The molecule has 1 unspecified atom stereocenters. The summed E-state index contributed by atoms with van der Waals surface area (Å²) < 4.78 is 44.0. The number of hydrogen-bond acceptors (Lipinski definition) is 5. The maximum atomic E-state index is 12.9. The van der Waals surface area contributed by atoms with Gasteiger partial charge in [0.05, 0.1) is 18.2 Å². The van der Waals surface area contributed by atoms with Crippen molar-refractivity contribution in [2.24, 2.45) is 5.73 Å². The minimum atomic E-state index is -4.46. The lowest BCUT2D eigenvalue weighted by Gasteiger charge is -2.33. The van der Waals surface area contributed by atoms with Crippen LogP contribution in [0, 0.1) is 0 Å². The van der Waals surface area contributed by atoms with E-state index in [1.807, 2.05) is 29.2 Å². The molecule has 1 aromatic heterocycles. The summed E-state index contributed by atoms with van der Waals surface area (Å²) in [6, 6.07) is 11.9. The number of halogens is 3. The lowest BCUT2D eigenvalue weighted by molar-refractivity contribution is -0.137. The standard InChI is InChI=1S/C20H17F3N4O2/c21-20(22,23)15-7-3-6-13(8-15)19-25-17(29-26-19)11-27-10-14-5-2-1-4-12(14)9-16(27)18(24)28/h1-8,16H,9-11H2,(H2,24,28). The van der Waals surface area contributed by atoms with E-state index in [4.69, 9.17) is 10.3 Å². The van der Waals surface area contributed by atoms with Crippen molar-refractivity contribution in [1.82, 2.24) is 15.0 Å².